The van der Waals surface area contributed by atoms with E-state index >= 15 is 0 Å². The van der Waals surface area contributed by atoms with Gasteiger partial charge in [0.05, 0.1) is 12.2 Å². The van der Waals surface area contributed by atoms with Crippen molar-refractivity contribution in [1.29, 1.82) is 0 Å². The molecule has 1 aromatic carbocycles. The molecule has 3 rings (SSSR count). The van der Waals surface area contributed by atoms with E-state index in [9.17, 15) is 4.79 Å². The smallest absolute Gasteiger partial charge is 0.262 e. The summed E-state index contributed by atoms with van der Waals surface area (Å²) in [6, 6.07) is 5.97. The Balaban J connectivity index is 1.68. The van der Waals surface area contributed by atoms with Crippen LogP contribution in [0.2, 0.25) is 0 Å². The van der Waals surface area contributed by atoms with Gasteiger partial charge in [-0.3, -0.25) is 4.79 Å². The molecule has 0 aliphatic carbocycles. The average Bonchev–Trinajstić information content (AvgIpc) is 2.92. The molecule has 1 aliphatic rings. The van der Waals surface area contributed by atoms with Gasteiger partial charge in [0, 0.05) is 12.6 Å². The summed E-state index contributed by atoms with van der Waals surface area (Å²) in [4.78, 5) is 11.4. The molecule has 0 saturated carbocycles. The van der Waals surface area contributed by atoms with E-state index in [0.29, 0.717) is 12.3 Å². The summed E-state index contributed by atoms with van der Waals surface area (Å²) in [5, 5.41) is 14.7. The van der Waals surface area contributed by atoms with E-state index in [0.717, 1.165) is 35.9 Å². The van der Waals surface area contributed by atoms with Crippen LogP contribution in [0.25, 0.3) is 0 Å². The van der Waals surface area contributed by atoms with Crippen LogP contribution in [0, 0.1) is 6.92 Å². The predicted molar refractivity (Wildman–Crippen MR) is 90.9 cm³/mol. The van der Waals surface area contributed by atoms with Crippen molar-refractivity contribution in [3.05, 3.63) is 35.4 Å². The molecule has 7 heteroatoms. The second kappa shape index (κ2) is 7.00. The summed E-state index contributed by atoms with van der Waals surface area (Å²) in [7, 11) is 0. The zero-order valence-electron chi connectivity index (χ0n) is 14.3. The maximum absolute atomic E-state index is 11.4. The Bertz CT molecular complexity index is 741. The molecule has 0 radical (unpaired) electrons. The summed E-state index contributed by atoms with van der Waals surface area (Å²) < 4.78 is 7.53. The van der Waals surface area contributed by atoms with Crippen molar-refractivity contribution in [1.82, 2.24) is 20.1 Å². The third kappa shape index (κ3) is 3.41. The molecular formula is C17H23N5O2. The minimum atomic E-state index is -0.122. The van der Waals surface area contributed by atoms with Gasteiger partial charge < -0.3 is 19.9 Å². The van der Waals surface area contributed by atoms with Crippen LogP contribution >= 0.6 is 0 Å². The third-order valence-corrected chi connectivity index (χ3v) is 4.16. The van der Waals surface area contributed by atoms with E-state index in [2.05, 4.69) is 39.2 Å². The van der Waals surface area contributed by atoms with E-state index in [1.54, 1.807) is 0 Å². The standard InChI is InChI=1S/C17H23N5O2/c1-4-7-22-12(3)20-21-16(22)9-18-11(2)13-5-6-15-14(8-13)19-17(23)10-24-15/h5-6,8,11,18H,4,7,9-10H2,1-3H3,(H,19,23). The topological polar surface area (TPSA) is 81.1 Å². The number of carbonyl (C=O) groups excluding carboxylic acids is 1. The molecule has 0 bridgehead atoms. The van der Waals surface area contributed by atoms with Gasteiger partial charge in [0.2, 0.25) is 0 Å². The zero-order valence-corrected chi connectivity index (χ0v) is 14.3. The predicted octanol–water partition coefficient (Wildman–Crippen LogP) is 2.18. The fraction of sp³-hybridized carbons (Fsp3) is 0.471. The maximum Gasteiger partial charge on any atom is 0.262 e. The number of carbonyl (C=O) groups is 1. The number of nitrogens with one attached hydrogen (secondary N) is 2. The third-order valence-electron chi connectivity index (χ3n) is 4.16. The molecular weight excluding hydrogens is 306 g/mol. The minimum absolute atomic E-state index is 0.0760. The fourth-order valence-corrected chi connectivity index (χ4v) is 2.80. The molecule has 7 nitrogen and oxygen atoms in total. The quantitative estimate of drug-likeness (QED) is 0.849. The number of aryl methyl sites for hydroxylation is 1. The van der Waals surface area contributed by atoms with Crippen molar-refractivity contribution in [2.75, 3.05) is 11.9 Å². The van der Waals surface area contributed by atoms with Crippen LogP contribution in [0.4, 0.5) is 5.69 Å². The number of hydrogen-bond donors (Lipinski definition) is 2. The van der Waals surface area contributed by atoms with Gasteiger partial charge in [-0.2, -0.15) is 0 Å². The molecule has 1 aromatic heterocycles. The van der Waals surface area contributed by atoms with E-state index in [1.165, 1.54) is 0 Å². The first kappa shape index (κ1) is 16.4. The zero-order chi connectivity index (χ0) is 17.1. The highest BCUT2D eigenvalue weighted by Crippen LogP contribution is 2.30. The van der Waals surface area contributed by atoms with Crippen LogP contribution < -0.4 is 15.4 Å². The van der Waals surface area contributed by atoms with Gasteiger partial charge in [-0.15, -0.1) is 10.2 Å². The second-order valence-electron chi connectivity index (χ2n) is 6.01. The molecule has 0 fully saturated rings. The lowest BCUT2D eigenvalue weighted by Gasteiger charge is -2.21. The van der Waals surface area contributed by atoms with Crippen molar-refractivity contribution in [2.45, 2.75) is 46.3 Å². The molecule has 1 unspecified atom stereocenters. The Morgan fingerprint density at radius 1 is 1.42 bits per heavy atom. The van der Waals surface area contributed by atoms with Gasteiger partial charge in [-0.1, -0.05) is 13.0 Å². The average molecular weight is 329 g/mol. The highest BCUT2D eigenvalue weighted by atomic mass is 16.5. The van der Waals surface area contributed by atoms with Crippen LogP contribution in [0.1, 0.15) is 43.5 Å². The number of rotatable bonds is 6. The van der Waals surface area contributed by atoms with Crippen molar-refractivity contribution >= 4 is 11.6 Å². The SMILES string of the molecule is CCCn1c(C)nnc1CNC(C)c1ccc2c(c1)NC(=O)CO2. The van der Waals surface area contributed by atoms with Crippen LogP contribution in [-0.4, -0.2) is 27.3 Å². The first-order chi connectivity index (χ1) is 11.6. The molecule has 2 heterocycles. The number of amides is 1. The number of ether oxygens (including phenoxy) is 1. The van der Waals surface area contributed by atoms with Crippen molar-refractivity contribution in [2.24, 2.45) is 0 Å². The summed E-state index contributed by atoms with van der Waals surface area (Å²) in [5.41, 5.74) is 1.81. The number of fused-ring (bicyclic) bond motifs is 1. The van der Waals surface area contributed by atoms with E-state index in [-0.39, 0.29) is 18.6 Å². The van der Waals surface area contributed by atoms with Crippen molar-refractivity contribution in [3.63, 3.8) is 0 Å². The first-order valence-electron chi connectivity index (χ1n) is 8.27. The summed E-state index contributed by atoms with van der Waals surface area (Å²) in [5.74, 6) is 2.47. The van der Waals surface area contributed by atoms with Gasteiger partial charge >= 0.3 is 0 Å². The van der Waals surface area contributed by atoms with Crippen molar-refractivity contribution in [3.8, 4) is 5.75 Å². The Labute approximate surface area is 141 Å². The maximum atomic E-state index is 11.4. The molecule has 24 heavy (non-hydrogen) atoms. The van der Waals surface area contributed by atoms with E-state index < -0.39 is 0 Å². The highest BCUT2D eigenvalue weighted by molar-refractivity contribution is 5.95. The Morgan fingerprint density at radius 3 is 3.04 bits per heavy atom. The normalized spacial score (nSPS) is 14.7. The highest BCUT2D eigenvalue weighted by Gasteiger charge is 2.18. The van der Waals surface area contributed by atoms with E-state index in [1.807, 2.05) is 25.1 Å². The lowest BCUT2D eigenvalue weighted by Crippen LogP contribution is -2.26. The minimum Gasteiger partial charge on any atom is -0.482 e. The Kier molecular flexibility index (Phi) is 4.80. The molecule has 128 valence electrons. The van der Waals surface area contributed by atoms with Crippen LogP contribution in [0.15, 0.2) is 18.2 Å². The molecule has 1 amide bonds. The van der Waals surface area contributed by atoms with Gasteiger partial charge in [0.25, 0.3) is 5.91 Å². The van der Waals surface area contributed by atoms with E-state index in [4.69, 9.17) is 4.74 Å². The number of aromatic nitrogens is 3. The summed E-state index contributed by atoms with van der Waals surface area (Å²) >= 11 is 0. The fourth-order valence-electron chi connectivity index (χ4n) is 2.80. The summed E-state index contributed by atoms with van der Waals surface area (Å²) in [6.45, 7) is 7.84. The molecule has 1 aliphatic heterocycles. The van der Waals surface area contributed by atoms with Gasteiger partial charge in [-0.25, -0.2) is 0 Å². The lowest BCUT2D eigenvalue weighted by molar-refractivity contribution is -0.118. The molecule has 0 saturated heterocycles. The van der Waals surface area contributed by atoms with Crippen LogP contribution in [-0.2, 0) is 17.9 Å². The van der Waals surface area contributed by atoms with Gasteiger partial charge in [0.1, 0.15) is 17.4 Å². The van der Waals surface area contributed by atoms with Crippen LogP contribution in [0.3, 0.4) is 0 Å². The second-order valence-corrected chi connectivity index (χ2v) is 6.01. The van der Waals surface area contributed by atoms with Gasteiger partial charge in [-0.05, 0) is 38.0 Å². The molecule has 2 aromatic rings. The largest absolute Gasteiger partial charge is 0.482 e. The monoisotopic (exact) mass is 329 g/mol. The first-order valence-corrected chi connectivity index (χ1v) is 8.27. The molecule has 0 spiro atoms. The number of anilines is 1. The Hall–Kier alpha value is -2.41. The van der Waals surface area contributed by atoms with Crippen LogP contribution in [0.5, 0.6) is 5.75 Å². The lowest BCUT2D eigenvalue weighted by atomic mass is 10.1. The Morgan fingerprint density at radius 2 is 2.25 bits per heavy atom. The van der Waals surface area contributed by atoms with Gasteiger partial charge in [0.15, 0.2) is 6.61 Å². The van der Waals surface area contributed by atoms with Crippen molar-refractivity contribution < 1.29 is 9.53 Å². The number of nitrogens with zero attached hydrogens (tertiary/aromatic N) is 3. The molecule has 1 atom stereocenters. The summed E-state index contributed by atoms with van der Waals surface area (Å²) in [6.07, 6.45) is 1.05. The molecule has 2 N–H and O–H groups in total. The number of benzene rings is 1. The number of hydrogen-bond acceptors (Lipinski definition) is 5.